The number of carbonyl (C=O) groups is 2. The fourth-order valence-electron chi connectivity index (χ4n) is 4.68. The van der Waals surface area contributed by atoms with Crippen LogP contribution in [0, 0.1) is 6.92 Å². The standard InChI is InChI=1S/C29H30F3N3O2/c1-3-24(22-10-5-4-6-11-22)27(36)33-25-17-20(2)13-14-26(25)35-16-8-15-34(28(35)37)19-21-9-7-12-23(18-21)29(30,31)32/h4-7,9-14,17-18,24H,3,8,15-16,19H2,1-2H3,(H,33,36). The number of carbonyl (C=O) groups excluding carboxylic acids is 2. The second-order valence-corrected chi connectivity index (χ2v) is 9.29. The van der Waals surface area contributed by atoms with E-state index in [1.807, 2.05) is 56.3 Å². The molecule has 3 aromatic rings. The third-order valence-corrected chi connectivity index (χ3v) is 6.57. The highest BCUT2D eigenvalue weighted by atomic mass is 19.4. The van der Waals surface area contributed by atoms with Crippen molar-refractivity contribution in [2.45, 2.75) is 45.3 Å². The maximum absolute atomic E-state index is 13.5. The van der Waals surface area contributed by atoms with Gasteiger partial charge in [0.05, 0.1) is 22.9 Å². The molecule has 3 aromatic carbocycles. The molecule has 0 bridgehead atoms. The normalized spacial score (nSPS) is 15.0. The molecule has 0 aromatic heterocycles. The Morgan fingerprint density at radius 3 is 2.46 bits per heavy atom. The van der Waals surface area contributed by atoms with Crippen molar-refractivity contribution in [2.24, 2.45) is 0 Å². The SMILES string of the molecule is CCC(C(=O)Nc1cc(C)ccc1N1CCCN(Cc2cccc(C(F)(F)F)c2)C1=O)c1ccccc1. The third-order valence-electron chi connectivity index (χ3n) is 6.57. The molecule has 1 N–H and O–H groups in total. The number of nitrogens with zero attached hydrogens (tertiary/aromatic N) is 2. The van der Waals surface area contributed by atoms with Crippen LogP contribution >= 0.6 is 0 Å². The van der Waals surface area contributed by atoms with Crippen molar-refractivity contribution in [3.05, 3.63) is 95.1 Å². The number of anilines is 2. The Kier molecular flexibility index (Phi) is 7.86. The van der Waals surface area contributed by atoms with E-state index in [0.29, 0.717) is 42.9 Å². The van der Waals surface area contributed by atoms with E-state index < -0.39 is 11.7 Å². The molecule has 1 saturated heterocycles. The van der Waals surface area contributed by atoms with Crippen molar-refractivity contribution >= 4 is 23.3 Å². The molecule has 0 radical (unpaired) electrons. The summed E-state index contributed by atoms with van der Waals surface area (Å²) in [6, 6.07) is 19.8. The molecule has 0 aliphatic carbocycles. The van der Waals surface area contributed by atoms with Crippen LogP contribution in [0.5, 0.6) is 0 Å². The van der Waals surface area contributed by atoms with E-state index >= 15 is 0 Å². The molecule has 1 aliphatic heterocycles. The predicted molar refractivity (Wildman–Crippen MR) is 138 cm³/mol. The zero-order valence-electron chi connectivity index (χ0n) is 20.9. The Balaban J connectivity index is 1.56. The Bertz CT molecular complexity index is 1260. The fraction of sp³-hybridized carbons (Fsp3) is 0.310. The van der Waals surface area contributed by atoms with Gasteiger partial charge in [-0.1, -0.05) is 55.5 Å². The van der Waals surface area contributed by atoms with Gasteiger partial charge in [0, 0.05) is 19.6 Å². The first-order valence-electron chi connectivity index (χ1n) is 12.4. The molecular weight excluding hydrogens is 479 g/mol. The summed E-state index contributed by atoms with van der Waals surface area (Å²) >= 11 is 0. The minimum atomic E-state index is -4.45. The van der Waals surface area contributed by atoms with Crippen molar-refractivity contribution in [1.29, 1.82) is 0 Å². The van der Waals surface area contributed by atoms with E-state index in [9.17, 15) is 22.8 Å². The van der Waals surface area contributed by atoms with Gasteiger partial charge in [0.25, 0.3) is 0 Å². The summed E-state index contributed by atoms with van der Waals surface area (Å²) in [5.41, 5.74) is 2.62. The highest BCUT2D eigenvalue weighted by Gasteiger charge is 2.32. The van der Waals surface area contributed by atoms with E-state index in [2.05, 4.69) is 5.32 Å². The molecule has 194 valence electrons. The zero-order valence-corrected chi connectivity index (χ0v) is 20.9. The van der Waals surface area contributed by atoms with Gasteiger partial charge in [0.15, 0.2) is 0 Å². The quantitative estimate of drug-likeness (QED) is 0.374. The Labute approximate surface area is 214 Å². The lowest BCUT2D eigenvalue weighted by molar-refractivity contribution is -0.137. The van der Waals surface area contributed by atoms with Crippen LogP contribution in [0.15, 0.2) is 72.8 Å². The summed E-state index contributed by atoms with van der Waals surface area (Å²) in [6.45, 7) is 4.81. The molecule has 0 spiro atoms. The number of hydrogen-bond acceptors (Lipinski definition) is 2. The number of aryl methyl sites for hydroxylation is 1. The number of hydrogen-bond donors (Lipinski definition) is 1. The van der Waals surface area contributed by atoms with Gasteiger partial charge in [0.2, 0.25) is 5.91 Å². The first-order valence-corrected chi connectivity index (χ1v) is 12.4. The smallest absolute Gasteiger partial charge is 0.324 e. The van der Waals surface area contributed by atoms with Crippen LogP contribution in [0.1, 0.15) is 47.9 Å². The van der Waals surface area contributed by atoms with E-state index in [0.717, 1.165) is 23.3 Å². The van der Waals surface area contributed by atoms with Gasteiger partial charge in [-0.25, -0.2) is 4.79 Å². The number of rotatable bonds is 7. The largest absolute Gasteiger partial charge is 0.416 e. The molecule has 3 amide bonds. The average Bonchev–Trinajstić information content (AvgIpc) is 2.87. The van der Waals surface area contributed by atoms with Gasteiger partial charge in [-0.15, -0.1) is 0 Å². The van der Waals surface area contributed by atoms with E-state index in [4.69, 9.17) is 0 Å². The van der Waals surface area contributed by atoms with Gasteiger partial charge >= 0.3 is 12.2 Å². The Morgan fingerprint density at radius 1 is 1.00 bits per heavy atom. The van der Waals surface area contributed by atoms with Crippen molar-refractivity contribution < 1.29 is 22.8 Å². The fourth-order valence-corrected chi connectivity index (χ4v) is 4.68. The van der Waals surface area contributed by atoms with Crippen molar-refractivity contribution in [3.8, 4) is 0 Å². The van der Waals surface area contributed by atoms with Crippen molar-refractivity contribution in [3.63, 3.8) is 0 Å². The molecule has 37 heavy (non-hydrogen) atoms. The molecule has 1 aliphatic rings. The second-order valence-electron chi connectivity index (χ2n) is 9.29. The molecule has 0 saturated carbocycles. The van der Waals surface area contributed by atoms with E-state index in [1.54, 1.807) is 21.9 Å². The zero-order chi connectivity index (χ0) is 26.6. The van der Waals surface area contributed by atoms with Gasteiger partial charge in [0.1, 0.15) is 0 Å². The number of nitrogens with one attached hydrogen (secondary N) is 1. The van der Waals surface area contributed by atoms with Crippen LogP contribution in [-0.4, -0.2) is 29.9 Å². The molecule has 4 rings (SSSR count). The number of amides is 3. The Morgan fingerprint density at radius 2 is 1.76 bits per heavy atom. The van der Waals surface area contributed by atoms with Crippen LogP contribution in [0.2, 0.25) is 0 Å². The second kappa shape index (κ2) is 11.1. The highest BCUT2D eigenvalue weighted by molar-refractivity contribution is 6.02. The highest BCUT2D eigenvalue weighted by Crippen LogP contribution is 2.33. The summed E-state index contributed by atoms with van der Waals surface area (Å²) < 4.78 is 39.5. The topological polar surface area (TPSA) is 52.7 Å². The number of halogens is 3. The molecule has 1 atom stereocenters. The minimum Gasteiger partial charge on any atom is -0.324 e. The lowest BCUT2D eigenvalue weighted by Crippen LogP contribution is -2.49. The van der Waals surface area contributed by atoms with Crippen molar-refractivity contribution in [2.75, 3.05) is 23.3 Å². The minimum absolute atomic E-state index is 0.0682. The lowest BCUT2D eigenvalue weighted by atomic mass is 9.95. The number of alkyl halides is 3. The molecule has 1 fully saturated rings. The maximum Gasteiger partial charge on any atom is 0.416 e. The van der Waals surface area contributed by atoms with Crippen LogP contribution in [0.3, 0.4) is 0 Å². The monoisotopic (exact) mass is 509 g/mol. The van der Waals surface area contributed by atoms with Gasteiger partial charge in [-0.2, -0.15) is 13.2 Å². The first-order chi connectivity index (χ1) is 17.7. The van der Waals surface area contributed by atoms with Crippen molar-refractivity contribution in [1.82, 2.24) is 4.90 Å². The molecular formula is C29H30F3N3O2. The molecule has 8 heteroatoms. The third kappa shape index (κ3) is 6.13. The van der Waals surface area contributed by atoms with Crippen LogP contribution < -0.4 is 10.2 Å². The van der Waals surface area contributed by atoms with Crippen LogP contribution in [-0.2, 0) is 17.5 Å². The van der Waals surface area contributed by atoms with Gasteiger partial charge in [-0.05, 0) is 60.7 Å². The summed E-state index contributed by atoms with van der Waals surface area (Å²) in [5.74, 6) is -0.505. The Hall–Kier alpha value is -3.81. The summed E-state index contributed by atoms with van der Waals surface area (Å²) in [4.78, 5) is 29.9. The number of benzene rings is 3. The van der Waals surface area contributed by atoms with Gasteiger partial charge < -0.3 is 10.2 Å². The predicted octanol–water partition coefficient (Wildman–Crippen LogP) is 6.98. The summed E-state index contributed by atoms with van der Waals surface area (Å²) in [7, 11) is 0. The first kappa shape index (κ1) is 26.3. The molecule has 1 heterocycles. The van der Waals surface area contributed by atoms with Gasteiger partial charge in [-0.3, -0.25) is 9.69 Å². The molecule has 5 nitrogen and oxygen atoms in total. The number of urea groups is 1. The maximum atomic E-state index is 13.5. The summed E-state index contributed by atoms with van der Waals surface area (Å²) in [6.07, 6.45) is -3.18. The summed E-state index contributed by atoms with van der Waals surface area (Å²) in [5, 5.41) is 3.03. The van der Waals surface area contributed by atoms with Crippen LogP contribution in [0.4, 0.5) is 29.3 Å². The van der Waals surface area contributed by atoms with Crippen LogP contribution in [0.25, 0.3) is 0 Å². The van der Waals surface area contributed by atoms with E-state index in [-0.39, 0.29) is 24.4 Å². The lowest BCUT2D eigenvalue weighted by Gasteiger charge is -2.36. The molecule has 1 unspecified atom stereocenters. The average molecular weight is 510 g/mol. The van der Waals surface area contributed by atoms with E-state index in [1.165, 1.54) is 6.07 Å².